The molecule has 0 saturated carbocycles. The monoisotopic (exact) mass is 351 g/mol. The molecule has 2 heterocycles. The second-order valence-electron chi connectivity index (χ2n) is 5.55. The molecule has 3 rings (SSSR count). The fourth-order valence-electron chi connectivity index (χ4n) is 2.92. The molecule has 0 bridgehead atoms. The van der Waals surface area contributed by atoms with Gasteiger partial charge in [-0.2, -0.15) is 0 Å². The maximum absolute atomic E-state index is 6.40. The van der Waals surface area contributed by atoms with Gasteiger partial charge in [-0.3, -0.25) is 9.88 Å². The summed E-state index contributed by atoms with van der Waals surface area (Å²) in [5.41, 5.74) is 2.27. The highest BCUT2D eigenvalue weighted by atomic mass is 35.5. The molecular weight excluding hydrogens is 333 g/mol. The Morgan fingerprint density at radius 1 is 1.26 bits per heavy atom. The highest BCUT2D eigenvalue weighted by Gasteiger charge is 2.24. The molecule has 1 aliphatic heterocycles. The van der Waals surface area contributed by atoms with Crippen molar-refractivity contribution in [3.63, 3.8) is 0 Å². The molecule has 6 heteroatoms. The predicted molar refractivity (Wildman–Crippen MR) is 93.3 cm³/mol. The summed E-state index contributed by atoms with van der Waals surface area (Å²) >= 11 is 12.7. The Labute approximate surface area is 146 Å². The molecule has 1 aliphatic rings. The maximum Gasteiger partial charge on any atom is 0.138 e. The van der Waals surface area contributed by atoms with Gasteiger partial charge in [-0.1, -0.05) is 23.2 Å². The van der Waals surface area contributed by atoms with E-state index in [-0.39, 0.29) is 0 Å². The van der Waals surface area contributed by atoms with Crippen LogP contribution < -0.4 is 10.1 Å². The van der Waals surface area contributed by atoms with Crippen LogP contribution in [0.5, 0.6) is 5.75 Å². The van der Waals surface area contributed by atoms with Crippen molar-refractivity contribution < 1.29 is 4.74 Å². The van der Waals surface area contributed by atoms with Crippen LogP contribution in [0.15, 0.2) is 36.7 Å². The van der Waals surface area contributed by atoms with Gasteiger partial charge in [0.25, 0.3) is 0 Å². The minimum Gasteiger partial charge on any atom is -0.495 e. The van der Waals surface area contributed by atoms with Crippen LogP contribution >= 0.6 is 23.2 Å². The molecule has 1 fully saturated rings. The van der Waals surface area contributed by atoms with Gasteiger partial charge in [0.05, 0.1) is 12.1 Å². The lowest BCUT2D eigenvalue weighted by Crippen LogP contribution is -2.45. The van der Waals surface area contributed by atoms with Crippen molar-refractivity contribution in [2.75, 3.05) is 26.7 Å². The first-order chi connectivity index (χ1) is 11.2. The summed E-state index contributed by atoms with van der Waals surface area (Å²) in [5, 5.41) is 4.72. The Kier molecular flexibility index (Phi) is 5.38. The quantitative estimate of drug-likeness (QED) is 0.913. The van der Waals surface area contributed by atoms with Gasteiger partial charge < -0.3 is 10.1 Å². The SMILES string of the molecule is COc1cc(Cl)c(CN2CCNCC2c2ccncc2)cc1Cl. The highest BCUT2D eigenvalue weighted by molar-refractivity contribution is 6.34. The van der Waals surface area contributed by atoms with Crippen LogP contribution in [0.1, 0.15) is 17.2 Å². The molecule has 1 saturated heterocycles. The summed E-state index contributed by atoms with van der Waals surface area (Å²) in [6.45, 7) is 3.57. The third-order valence-electron chi connectivity index (χ3n) is 4.14. The second kappa shape index (κ2) is 7.49. The molecule has 4 nitrogen and oxygen atoms in total. The fourth-order valence-corrected chi connectivity index (χ4v) is 3.39. The van der Waals surface area contributed by atoms with E-state index in [1.54, 1.807) is 13.2 Å². The smallest absolute Gasteiger partial charge is 0.138 e. The van der Waals surface area contributed by atoms with E-state index >= 15 is 0 Å². The Hall–Kier alpha value is -1.33. The number of piperazine rings is 1. The summed E-state index contributed by atoms with van der Waals surface area (Å²) in [5.74, 6) is 0.603. The molecule has 23 heavy (non-hydrogen) atoms. The van der Waals surface area contributed by atoms with Crippen LogP contribution in [0, 0.1) is 0 Å². The summed E-state index contributed by atoms with van der Waals surface area (Å²) in [7, 11) is 1.59. The zero-order chi connectivity index (χ0) is 16.2. The van der Waals surface area contributed by atoms with Gasteiger partial charge in [0.1, 0.15) is 5.75 Å². The van der Waals surface area contributed by atoms with Crippen molar-refractivity contribution in [3.05, 3.63) is 57.8 Å². The zero-order valence-electron chi connectivity index (χ0n) is 12.9. The van der Waals surface area contributed by atoms with Gasteiger partial charge in [0.15, 0.2) is 0 Å². The second-order valence-corrected chi connectivity index (χ2v) is 6.36. The average Bonchev–Trinajstić information content (AvgIpc) is 2.59. The van der Waals surface area contributed by atoms with Crippen LogP contribution in [-0.2, 0) is 6.54 Å². The molecule has 0 spiro atoms. The van der Waals surface area contributed by atoms with Crippen molar-refractivity contribution >= 4 is 23.2 Å². The molecule has 1 unspecified atom stereocenters. The predicted octanol–water partition coefficient (Wildman–Crippen LogP) is 3.54. The first kappa shape index (κ1) is 16.5. The Morgan fingerprint density at radius 3 is 2.78 bits per heavy atom. The number of rotatable bonds is 4. The van der Waals surface area contributed by atoms with E-state index in [1.165, 1.54) is 5.56 Å². The van der Waals surface area contributed by atoms with Gasteiger partial charge in [-0.25, -0.2) is 0 Å². The number of nitrogens with one attached hydrogen (secondary N) is 1. The van der Waals surface area contributed by atoms with Crippen molar-refractivity contribution in [2.24, 2.45) is 0 Å². The minimum absolute atomic E-state index is 0.295. The first-order valence-electron chi connectivity index (χ1n) is 7.55. The average molecular weight is 352 g/mol. The molecule has 1 aromatic heterocycles. The van der Waals surface area contributed by atoms with Crippen LogP contribution in [0.4, 0.5) is 0 Å². The van der Waals surface area contributed by atoms with Gasteiger partial charge in [-0.05, 0) is 29.3 Å². The number of halogens is 2. The molecular formula is C17H19Cl2N3O. The highest BCUT2D eigenvalue weighted by Crippen LogP contribution is 2.33. The lowest BCUT2D eigenvalue weighted by Gasteiger charge is -2.36. The van der Waals surface area contributed by atoms with Crippen LogP contribution in [0.2, 0.25) is 10.0 Å². The molecule has 0 aliphatic carbocycles. The van der Waals surface area contributed by atoms with E-state index in [2.05, 4.69) is 27.3 Å². The number of methoxy groups -OCH3 is 1. The van der Waals surface area contributed by atoms with E-state index in [1.807, 2.05) is 18.5 Å². The van der Waals surface area contributed by atoms with E-state index in [4.69, 9.17) is 27.9 Å². The van der Waals surface area contributed by atoms with Crippen LogP contribution in [-0.4, -0.2) is 36.6 Å². The van der Waals surface area contributed by atoms with Crippen molar-refractivity contribution in [2.45, 2.75) is 12.6 Å². The van der Waals surface area contributed by atoms with Crippen molar-refractivity contribution in [1.29, 1.82) is 0 Å². The van der Waals surface area contributed by atoms with E-state index in [0.29, 0.717) is 21.8 Å². The van der Waals surface area contributed by atoms with Crippen molar-refractivity contribution in [1.82, 2.24) is 15.2 Å². The molecule has 122 valence electrons. The van der Waals surface area contributed by atoms with Gasteiger partial charge in [0, 0.05) is 55.7 Å². The summed E-state index contributed by atoms with van der Waals surface area (Å²) in [4.78, 5) is 6.52. The van der Waals surface area contributed by atoms with Crippen LogP contribution in [0.25, 0.3) is 0 Å². The van der Waals surface area contributed by atoms with E-state index in [9.17, 15) is 0 Å². The third kappa shape index (κ3) is 3.78. The Bertz CT molecular complexity index is 666. The zero-order valence-corrected chi connectivity index (χ0v) is 14.4. The number of hydrogen-bond acceptors (Lipinski definition) is 4. The number of pyridine rings is 1. The fraction of sp³-hybridized carbons (Fsp3) is 0.353. The molecule has 1 atom stereocenters. The number of aromatic nitrogens is 1. The summed E-state index contributed by atoms with van der Waals surface area (Å²) in [6.07, 6.45) is 3.67. The molecule has 2 aromatic rings. The summed E-state index contributed by atoms with van der Waals surface area (Å²) < 4.78 is 5.21. The third-order valence-corrected chi connectivity index (χ3v) is 4.79. The van der Waals surface area contributed by atoms with Gasteiger partial charge in [-0.15, -0.1) is 0 Å². The molecule has 1 N–H and O–H groups in total. The number of hydrogen-bond donors (Lipinski definition) is 1. The summed E-state index contributed by atoms with van der Waals surface area (Å²) in [6, 6.07) is 8.10. The molecule has 0 radical (unpaired) electrons. The topological polar surface area (TPSA) is 37.4 Å². The van der Waals surface area contributed by atoms with E-state index < -0.39 is 0 Å². The molecule has 1 aromatic carbocycles. The van der Waals surface area contributed by atoms with Gasteiger partial charge in [0.2, 0.25) is 0 Å². The number of nitrogens with zero attached hydrogens (tertiary/aromatic N) is 2. The standard InChI is InChI=1S/C17H19Cl2N3O/c1-23-17-9-14(18)13(8-15(17)19)11-22-7-6-21-10-16(22)12-2-4-20-5-3-12/h2-5,8-9,16,21H,6-7,10-11H2,1H3. The Morgan fingerprint density at radius 2 is 2.04 bits per heavy atom. The number of benzene rings is 1. The first-order valence-corrected chi connectivity index (χ1v) is 8.31. The lowest BCUT2D eigenvalue weighted by molar-refractivity contribution is 0.153. The minimum atomic E-state index is 0.295. The van der Waals surface area contributed by atoms with Gasteiger partial charge >= 0.3 is 0 Å². The largest absolute Gasteiger partial charge is 0.495 e. The lowest BCUT2D eigenvalue weighted by atomic mass is 10.0. The van der Waals surface area contributed by atoms with E-state index in [0.717, 1.165) is 31.7 Å². The maximum atomic E-state index is 6.40. The number of ether oxygens (including phenoxy) is 1. The van der Waals surface area contributed by atoms with Crippen LogP contribution in [0.3, 0.4) is 0 Å². The molecule has 0 amide bonds. The van der Waals surface area contributed by atoms with Crippen molar-refractivity contribution in [3.8, 4) is 5.75 Å². The normalized spacial score (nSPS) is 18.8. The Balaban J connectivity index is 1.84.